The summed E-state index contributed by atoms with van der Waals surface area (Å²) in [5.74, 6) is -3.48. The molecule has 5 atom stereocenters. The number of hydrogen-bond acceptors (Lipinski definition) is 13. The average Bonchev–Trinajstić information content (AvgIpc) is 2.84. The Kier molecular flexibility index (Phi) is 11.0. The zero-order valence-corrected chi connectivity index (χ0v) is 23.2. The van der Waals surface area contributed by atoms with E-state index >= 15 is 0 Å². The van der Waals surface area contributed by atoms with E-state index < -0.39 is 66.3 Å². The number of amides is 1. The van der Waals surface area contributed by atoms with Gasteiger partial charge in [0, 0.05) is 38.4 Å². The molecule has 0 spiro atoms. The van der Waals surface area contributed by atoms with Gasteiger partial charge in [-0.15, -0.1) is 0 Å². The van der Waals surface area contributed by atoms with Crippen molar-refractivity contribution in [3.8, 4) is 5.75 Å². The minimum atomic E-state index is -1.66. The highest BCUT2D eigenvalue weighted by Crippen LogP contribution is 2.32. The number of aldehydes is 1. The summed E-state index contributed by atoms with van der Waals surface area (Å²) in [4.78, 5) is 72.1. The molecule has 1 heterocycles. The number of alkyl carbamates (subject to hydrolysis) is 1. The van der Waals surface area contributed by atoms with E-state index in [1.807, 2.05) is 0 Å². The Bertz CT molecular complexity index is 1130. The molecule has 2 rings (SSSR count). The minimum absolute atomic E-state index is 0.0416. The van der Waals surface area contributed by atoms with Gasteiger partial charge >= 0.3 is 30.0 Å². The van der Waals surface area contributed by atoms with Crippen LogP contribution in [0.15, 0.2) is 18.2 Å². The van der Waals surface area contributed by atoms with Crippen molar-refractivity contribution in [2.45, 2.75) is 84.4 Å². The Morgan fingerprint density at radius 1 is 0.925 bits per heavy atom. The summed E-state index contributed by atoms with van der Waals surface area (Å²) in [5, 5.41) is 2.54. The molecule has 1 fully saturated rings. The molecule has 1 aliphatic rings. The third-order valence-corrected chi connectivity index (χ3v) is 5.12. The van der Waals surface area contributed by atoms with Crippen LogP contribution in [-0.4, -0.2) is 79.7 Å². The van der Waals surface area contributed by atoms with Crippen molar-refractivity contribution in [1.29, 1.82) is 0 Å². The predicted octanol–water partition coefficient (Wildman–Crippen LogP) is 1.60. The molecule has 0 bridgehead atoms. The van der Waals surface area contributed by atoms with Gasteiger partial charge in [-0.3, -0.25) is 19.2 Å². The number of esters is 4. The monoisotopic (exact) mass is 567 g/mol. The summed E-state index contributed by atoms with van der Waals surface area (Å²) in [6, 6.07) is 4.22. The molecule has 220 valence electrons. The predicted molar refractivity (Wildman–Crippen MR) is 133 cm³/mol. The Hall–Kier alpha value is -4.20. The zero-order valence-electron chi connectivity index (χ0n) is 23.2. The van der Waals surface area contributed by atoms with Crippen LogP contribution in [0.4, 0.5) is 4.79 Å². The third kappa shape index (κ3) is 9.22. The topological polar surface area (TPSA) is 179 Å². The highest BCUT2D eigenvalue weighted by atomic mass is 16.7. The maximum Gasteiger partial charge on any atom is 0.407 e. The number of methoxy groups -OCH3 is 1. The van der Waals surface area contributed by atoms with Gasteiger partial charge < -0.3 is 38.5 Å². The average molecular weight is 568 g/mol. The maximum absolute atomic E-state index is 12.6. The van der Waals surface area contributed by atoms with E-state index in [9.17, 15) is 28.8 Å². The number of ether oxygens (including phenoxy) is 7. The number of nitrogens with one attached hydrogen (secondary N) is 1. The fourth-order valence-corrected chi connectivity index (χ4v) is 3.71. The molecule has 0 unspecified atom stereocenters. The van der Waals surface area contributed by atoms with Gasteiger partial charge in [-0.05, 0) is 39.0 Å². The Morgan fingerprint density at radius 3 is 2.02 bits per heavy atom. The molecule has 0 saturated carbocycles. The van der Waals surface area contributed by atoms with Crippen molar-refractivity contribution < 1.29 is 61.9 Å². The van der Waals surface area contributed by atoms with Gasteiger partial charge in [-0.1, -0.05) is 0 Å². The first-order valence-corrected chi connectivity index (χ1v) is 12.1. The Labute approximate surface area is 230 Å². The Morgan fingerprint density at radius 2 is 1.50 bits per heavy atom. The van der Waals surface area contributed by atoms with Crippen molar-refractivity contribution in [1.82, 2.24) is 5.32 Å². The molecule has 0 aromatic heterocycles. The number of benzene rings is 1. The van der Waals surface area contributed by atoms with Crippen LogP contribution in [0.5, 0.6) is 5.75 Å². The Balaban J connectivity index is 2.52. The van der Waals surface area contributed by atoms with Crippen molar-refractivity contribution in [2.75, 3.05) is 7.11 Å². The standard InChI is InChI=1S/C26H33NO13/c1-13(29)35-19-20(36-14(2)30)22(37-15(3)31)24(39-21(19)23(32)34-7)38-18-9-8-16(12-28)10-17(18)11-27-25(33)40-26(4,5)6/h8-10,12,19-22,24H,11H2,1-7H3,(H,27,33)/t19-,20-,21-,22+,24+/m0/s1. The highest BCUT2D eigenvalue weighted by Gasteiger charge is 2.56. The third-order valence-electron chi connectivity index (χ3n) is 5.12. The largest absolute Gasteiger partial charge is 0.467 e. The lowest BCUT2D eigenvalue weighted by atomic mass is 9.97. The van der Waals surface area contributed by atoms with E-state index in [0.717, 1.165) is 27.9 Å². The van der Waals surface area contributed by atoms with E-state index in [4.69, 9.17) is 33.2 Å². The second kappa shape index (κ2) is 13.7. The molecule has 1 aromatic rings. The minimum Gasteiger partial charge on any atom is -0.467 e. The number of carbonyl (C=O) groups is 6. The van der Waals surface area contributed by atoms with Crippen LogP contribution in [0.3, 0.4) is 0 Å². The molecular weight excluding hydrogens is 534 g/mol. The second-order valence-electron chi connectivity index (χ2n) is 9.63. The number of rotatable bonds is 9. The molecule has 1 N–H and O–H groups in total. The van der Waals surface area contributed by atoms with Gasteiger partial charge in [0.05, 0.1) is 7.11 Å². The van der Waals surface area contributed by atoms with Gasteiger partial charge in [0.1, 0.15) is 17.6 Å². The van der Waals surface area contributed by atoms with Gasteiger partial charge in [0.15, 0.2) is 18.3 Å². The van der Waals surface area contributed by atoms with E-state index in [-0.39, 0.29) is 23.4 Å². The van der Waals surface area contributed by atoms with Crippen LogP contribution in [0.1, 0.15) is 57.5 Å². The summed E-state index contributed by atoms with van der Waals surface area (Å²) in [6.07, 6.45) is -8.10. The summed E-state index contributed by atoms with van der Waals surface area (Å²) in [6.45, 7) is 8.08. The first kappa shape index (κ1) is 32.0. The van der Waals surface area contributed by atoms with Crippen LogP contribution in [-0.2, 0) is 54.1 Å². The lowest BCUT2D eigenvalue weighted by Gasteiger charge is -2.43. The van der Waals surface area contributed by atoms with Gasteiger partial charge in [-0.2, -0.15) is 0 Å². The van der Waals surface area contributed by atoms with E-state index in [2.05, 4.69) is 5.32 Å². The van der Waals surface area contributed by atoms with Crippen LogP contribution >= 0.6 is 0 Å². The first-order chi connectivity index (χ1) is 18.6. The molecule has 40 heavy (non-hydrogen) atoms. The van der Waals surface area contributed by atoms with Crippen LogP contribution in [0, 0.1) is 0 Å². The molecule has 1 amide bonds. The number of carbonyl (C=O) groups excluding carboxylic acids is 6. The van der Waals surface area contributed by atoms with Crippen molar-refractivity contribution in [3.63, 3.8) is 0 Å². The molecule has 0 radical (unpaired) electrons. The van der Waals surface area contributed by atoms with E-state index in [1.54, 1.807) is 20.8 Å². The lowest BCUT2D eigenvalue weighted by Crippen LogP contribution is -2.64. The summed E-state index contributed by atoms with van der Waals surface area (Å²) in [7, 11) is 1.06. The van der Waals surface area contributed by atoms with Gasteiger partial charge in [0.25, 0.3) is 0 Å². The van der Waals surface area contributed by atoms with Crippen molar-refractivity contribution in [3.05, 3.63) is 29.3 Å². The highest BCUT2D eigenvalue weighted by molar-refractivity contribution is 5.77. The molecule has 14 heteroatoms. The summed E-state index contributed by atoms with van der Waals surface area (Å²) in [5.41, 5.74) is -0.245. The van der Waals surface area contributed by atoms with E-state index in [0.29, 0.717) is 6.29 Å². The summed E-state index contributed by atoms with van der Waals surface area (Å²) < 4.78 is 37.6. The normalized spacial score (nSPS) is 22.2. The SMILES string of the molecule is COC(=O)[C@H]1O[C@@H](Oc2ccc(C=O)cc2CNC(=O)OC(C)(C)C)[C@H](OC(C)=O)[C@@H](OC(C)=O)[C@@H]1OC(C)=O. The molecular formula is C26H33NO13. The van der Waals surface area contributed by atoms with Crippen LogP contribution in [0.2, 0.25) is 0 Å². The molecule has 0 aliphatic carbocycles. The molecule has 14 nitrogen and oxygen atoms in total. The molecule has 1 aliphatic heterocycles. The second-order valence-corrected chi connectivity index (χ2v) is 9.63. The van der Waals surface area contributed by atoms with Gasteiger partial charge in [-0.25, -0.2) is 9.59 Å². The first-order valence-electron chi connectivity index (χ1n) is 12.1. The van der Waals surface area contributed by atoms with Crippen molar-refractivity contribution >= 4 is 36.3 Å². The number of hydrogen-bond donors (Lipinski definition) is 1. The quantitative estimate of drug-likeness (QED) is 0.258. The van der Waals surface area contributed by atoms with Crippen LogP contribution < -0.4 is 10.1 Å². The lowest BCUT2D eigenvalue weighted by molar-refractivity contribution is -0.282. The maximum atomic E-state index is 12.6. The zero-order chi connectivity index (χ0) is 30.2. The summed E-state index contributed by atoms with van der Waals surface area (Å²) >= 11 is 0. The fourth-order valence-electron chi connectivity index (χ4n) is 3.71. The fraction of sp³-hybridized carbons (Fsp3) is 0.538. The van der Waals surface area contributed by atoms with E-state index in [1.165, 1.54) is 18.2 Å². The molecule has 1 saturated heterocycles. The van der Waals surface area contributed by atoms with Crippen molar-refractivity contribution in [2.24, 2.45) is 0 Å². The van der Waals surface area contributed by atoms with Gasteiger partial charge in [0.2, 0.25) is 12.4 Å². The molecule has 1 aromatic carbocycles. The smallest absolute Gasteiger partial charge is 0.407 e. The van der Waals surface area contributed by atoms with Crippen LogP contribution in [0.25, 0.3) is 0 Å².